The quantitative estimate of drug-likeness (QED) is 0.492. The third kappa shape index (κ3) is 4.56. The topological polar surface area (TPSA) is 64.3 Å². The molecule has 0 radical (unpaired) electrons. The highest BCUT2D eigenvalue weighted by molar-refractivity contribution is 5.92. The van der Waals surface area contributed by atoms with E-state index in [1.165, 1.54) is 11.1 Å². The molecule has 6 nitrogen and oxygen atoms in total. The fourth-order valence-corrected chi connectivity index (χ4v) is 4.45. The van der Waals surface area contributed by atoms with Crippen molar-refractivity contribution in [1.29, 1.82) is 0 Å². The molecule has 1 amide bonds. The lowest BCUT2D eigenvalue weighted by molar-refractivity contribution is -0.117. The largest absolute Gasteiger partial charge is 0.324 e. The second-order valence-corrected chi connectivity index (χ2v) is 8.19. The first-order chi connectivity index (χ1) is 15.8. The lowest BCUT2D eigenvalue weighted by Crippen LogP contribution is -2.49. The lowest BCUT2D eigenvalue weighted by atomic mass is 9.96. The summed E-state index contributed by atoms with van der Waals surface area (Å²) in [5, 5.41) is 2.90. The summed E-state index contributed by atoms with van der Waals surface area (Å²) in [6, 6.07) is 29.3. The number of nitrogens with one attached hydrogen (secondary N) is 2. The van der Waals surface area contributed by atoms with Gasteiger partial charge in [0.05, 0.1) is 23.6 Å². The smallest absolute Gasteiger partial charge is 0.240 e. The minimum Gasteiger partial charge on any atom is -0.324 e. The van der Waals surface area contributed by atoms with Gasteiger partial charge in [0, 0.05) is 26.2 Å². The molecule has 0 atom stereocenters. The van der Waals surface area contributed by atoms with Gasteiger partial charge >= 0.3 is 0 Å². The molecule has 162 valence electrons. The van der Waals surface area contributed by atoms with Gasteiger partial charge in [0.1, 0.15) is 0 Å². The van der Waals surface area contributed by atoms with E-state index >= 15 is 0 Å². The zero-order valence-corrected chi connectivity index (χ0v) is 17.9. The van der Waals surface area contributed by atoms with Crippen molar-refractivity contribution in [3.8, 4) is 0 Å². The van der Waals surface area contributed by atoms with Gasteiger partial charge in [-0.1, -0.05) is 72.8 Å². The number of nitrogens with zero attached hydrogens (tertiary/aromatic N) is 3. The molecular weight excluding hydrogens is 398 g/mol. The Morgan fingerprint density at radius 1 is 0.844 bits per heavy atom. The Labute approximate surface area is 187 Å². The van der Waals surface area contributed by atoms with E-state index in [9.17, 15) is 4.79 Å². The summed E-state index contributed by atoms with van der Waals surface area (Å²) in [6.45, 7) is 3.89. The molecule has 1 aromatic heterocycles. The third-order valence-electron chi connectivity index (χ3n) is 6.02. The maximum absolute atomic E-state index is 12.6. The van der Waals surface area contributed by atoms with Crippen LogP contribution in [0.5, 0.6) is 0 Å². The van der Waals surface area contributed by atoms with E-state index in [0.717, 1.165) is 37.2 Å². The highest BCUT2D eigenvalue weighted by Crippen LogP contribution is 2.29. The van der Waals surface area contributed by atoms with E-state index in [-0.39, 0.29) is 11.9 Å². The van der Waals surface area contributed by atoms with Crippen LogP contribution in [0.4, 0.5) is 5.95 Å². The highest BCUT2D eigenvalue weighted by atomic mass is 16.2. The van der Waals surface area contributed by atoms with Crippen molar-refractivity contribution in [2.24, 2.45) is 0 Å². The number of carbonyl (C=O) groups is 1. The first kappa shape index (κ1) is 20.4. The predicted octanol–water partition coefficient (Wildman–Crippen LogP) is 3.91. The molecule has 3 aromatic carbocycles. The second-order valence-electron chi connectivity index (χ2n) is 8.19. The summed E-state index contributed by atoms with van der Waals surface area (Å²) < 4.78 is 0. The van der Waals surface area contributed by atoms with Crippen LogP contribution in [0.25, 0.3) is 11.0 Å². The van der Waals surface area contributed by atoms with Crippen LogP contribution in [0.15, 0.2) is 84.9 Å². The van der Waals surface area contributed by atoms with Crippen LogP contribution in [0, 0.1) is 0 Å². The van der Waals surface area contributed by atoms with Crippen molar-refractivity contribution >= 4 is 22.9 Å². The first-order valence-corrected chi connectivity index (χ1v) is 11.1. The number of H-pyrrole nitrogens is 1. The molecule has 4 aromatic rings. The van der Waals surface area contributed by atoms with Crippen LogP contribution in [0.1, 0.15) is 17.2 Å². The molecule has 0 bridgehead atoms. The minimum absolute atomic E-state index is 0.0415. The fourth-order valence-electron chi connectivity index (χ4n) is 4.45. The molecule has 2 heterocycles. The van der Waals surface area contributed by atoms with Crippen molar-refractivity contribution in [1.82, 2.24) is 19.8 Å². The molecule has 1 aliphatic rings. The molecule has 1 saturated heterocycles. The Bertz CT molecular complexity index is 1090. The zero-order chi connectivity index (χ0) is 21.8. The van der Waals surface area contributed by atoms with Crippen molar-refractivity contribution in [2.75, 3.05) is 38.0 Å². The number of hydrogen-bond acceptors (Lipinski definition) is 4. The van der Waals surface area contributed by atoms with E-state index in [0.29, 0.717) is 12.5 Å². The molecular formula is C26H27N5O. The standard InChI is InChI=1S/C26H27N5O/c32-24(29-26-27-22-13-7-8-14-23(22)28-26)19-30-15-17-31(18-16-30)25(20-9-3-1-4-10-20)21-11-5-2-6-12-21/h1-14,25H,15-19H2,(H2,27,28,29,32). The van der Waals surface area contributed by atoms with Crippen molar-refractivity contribution in [3.63, 3.8) is 0 Å². The van der Waals surface area contributed by atoms with Gasteiger partial charge in [-0.15, -0.1) is 0 Å². The molecule has 1 fully saturated rings. The fraction of sp³-hybridized carbons (Fsp3) is 0.231. The summed E-state index contributed by atoms with van der Waals surface area (Å²) in [7, 11) is 0. The van der Waals surface area contributed by atoms with Crippen LogP contribution in [-0.2, 0) is 4.79 Å². The Morgan fingerprint density at radius 3 is 2.06 bits per heavy atom. The number of aromatic nitrogens is 2. The highest BCUT2D eigenvalue weighted by Gasteiger charge is 2.27. The SMILES string of the molecule is O=C(CN1CCN(C(c2ccccc2)c2ccccc2)CC1)Nc1nc2ccccc2[nH]1. The molecule has 0 saturated carbocycles. The van der Waals surface area contributed by atoms with E-state index in [1.54, 1.807) is 0 Å². The van der Waals surface area contributed by atoms with Gasteiger partial charge < -0.3 is 4.98 Å². The molecule has 5 rings (SSSR count). The number of benzene rings is 3. The van der Waals surface area contributed by atoms with E-state index < -0.39 is 0 Å². The summed E-state index contributed by atoms with van der Waals surface area (Å²) in [4.78, 5) is 24.9. The number of rotatable bonds is 6. The summed E-state index contributed by atoms with van der Waals surface area (Å²) >= 11 is 0. The monoisotopic (exact) mass is 425 g/mol. The van der Waals surface area contributed by atoms with Gasteiger partial charge in [-0.2, -0.15) is 0 Å². The van der Waals surface area contributed by atoms with Crippen molar-refractivity contribution < 1.29 is 4.79 Å². The van der Waals surface area contributed by atoms with Crippen LogP contribution < -0.4 is 5.32 Å². The average Bonchev–Trinajstić information content (AvgIpc) is 3.24. The number of aromatic amines is 1. The van der Waals surface area contributed by atoms with Gasteiger partial charge in [0.25, 0.3) is 0 Å². The van der Waals surface area contributed by atoms with E-state index in [1.807, 2.05) is 24.3 Å². The van der Waals surface area contributed by atoms with Gasteiger partial charge in [-0.3, -0.25) is 19.9 Å². The molecule has 1 aliphatic heterocycles. The maximum Gasteiger partial charge on any atom is 0.240 e. The van der Waals surface area contributed by atoms with Crippen LogP contribution in [0.3, 0.4) is 0 Å². The van der Waals surface area contributed by atoms with Crippen LogP contribution >= 0.6 is 0 Å². The van der Waals surface area contributed by atoms with E-state index in [2.05, 4.69) is 85.7 Å². The normalized spacial score (nSPS) is 15.3. The van der Waals surface area contributed by atoms with E-state index in [4.69, 9.17) is 0 Å². The maximum atomic E-state index is 12.6. The molecule has 0 spiro atoms. The molecule has 0 unspecified atom stereocenters. The minimum atomic E-state index is -0.0415. The summed E-state index contributed by atoms with van der Waals surface area (Å²) in [5.74, 6) is 0.461. The van der Waals surface area contributed by atoms with Gasteiger partial charge in [-0.25, -0.2) is 4.98 Å². The molecule has 32 heavy (non-hydrogen) atoms. The van der Waals surface area contributed by atoms with Crippen molar-refractivity contribution in [2.45, 2.75) is 6.04 Å². The number of piperazine rings is 1. The van der Waals surface area contributed by atoms with Gasteiger partial charge in [0.15, 0.2) is 0 Å². The molecule has 2 N–H and O–H groups in total. The van der Waals surface area contributed by atoms with Crippen LogP contribution in [-0.4, -0.2) is 58.4 Å². The number of para-hydroxylation sites is 2. The Morgan fingerprint density at radius 2 is 1.44 bits per heavy atom. The summed E-state index contributed by atoms with van der Waals surface area (Å²) in [5.41, 5.74) is 4.37. The number of amides is 1. The van der Waals surface area contributed by atoms with Gasteiger partial charge in [-0.05, 0) is 23.3 Å². The second kappa shape index (κ2) is 9.34. The Balaban J connectivity index is 1.21. The Hall–Kier alpha value is -3.48. The first-order valence-electron chi connectivity index (χ1n) is 11.1. The Kier molecular flexibility index (Phi) is 5.96. The van der Waals surface area contributed by atoms with Gasteiger partial charge in [0.2, 0.25) is 11.9 Å². The third-order valence-corrected chi connectivity index (χ3v) is 6.02. The number of carbonyl (C=O) groups excluding carboxylic acids is 1. The lowest BCUT2D eigenvalue weighted by Gasteiger charge is -2.39. The summed E-state index contributed by atoms with van der Waals surface area (Å²) in [6.07, 6.45) is 0. The number of hydrogen-bond donors (Lipinski definition) is 2. The number of fused-ring (bicyclic) bond motifs is 1. The molecule has 0 aliphatic carbocycles. The average molecular weight is 426 g/mol. The number of anilines is 1. The van der Waals surface area contributed by atoms with Crippen molar-refractivity contribution in [3.05, 3.63) is 96.1 Å². The zero-order valence-electron chi connectivity index (χ0n) is 17.9. The predicted molar refractivity (Wildman–Crippen MR) is 127 cm³/mol. The van der Waals surface area contributed by atoms with Crippen LogP contribution in [0.2, 0.25) is 0 Å². The number of imidazole rings is 1. The molecule has 6 heteroatoms.